The number of nitrogens with one attached hydrogen (secondary N) is 2. The summed E-state index contributed by atoms with van der Waals surface area (Å²) in [5.41, 5.74) is 5.36. The van der Waals surface area contributed by atoms with E-state index in [2.05, 4.69) is 15.6 Å². The molecule has 2 amide bonds. The fourth-order valence-corrected chi connectivity index (χ4v) is 4.91. The van der Waals surface area contributed by atoms with Crippen LogP contribution in [-0.2, 0) is 16.1 Å². The minimum absolute atomic E-state index is 0.0493. The number of fused-ring (bicyclic) bond motifs is 1. The van der Waals surface area contributed by atoms with Crippen molar-refractivity contribution in [3.05, 3.63) is 76.5 Å². The number of aromatic nitrogens is 2. The highest BCUT2D eigenvalue weighted by Gasteiger charge is 2.30. The topological polar surface area (TPSA) is 114 Å². The number of hydrogen-bond acceptors (Lipinski definition) is 7. The van der Waals surface area contributed by atoms with Gasteiger partial charge in [-0.05, 0) is 55.5 Å². The molecule has 0 saturated carbocycles. The van der Waals surface area contributed by atoms with Crippen LogP contribution in [0.1, 0.15) is 63.2 Å². The predicted molar refractivity (Wildman–Crippen MR) is 143 cm³/mol. The quantitative estimate of drug-likeness (QED) is 0.442. The first-order valence-electron chi connectivity index (χ1n) is 12.9. The lowest BCUT2D eigenvalue weighted by atomic mass is 10.0. The molecular weight excluding hydrogens is 482 g/mol. The third kappa shape index (κ3) is 5.57. The first-order valence-corrected chi connectivity index (χ1v) is 12.9. The Morgan fingerprint density at radius 3 is 2.82 bits per heavy atom. The molecule has 1 saturated heterocycles. The van der Waals surface area contributed by atoms with Gasteiger partial charge in [0.05, 0.1) is 11.7 Å². The Labute approximate surface area is 221 Å². The molecule has 1 aromatic heterocycles. The van der Waals surface area contributed by atoms with E-state index in [9.17, 15) is 14.4 Å². The summed E-state index contributed by atoms with van der Waals surface area (Å²) < 4.78 is 5.43. The zero-order valence-electron chi connectivity index (χ0n) is 21.6. The first-order chi connectivity index (χ1) is 18.4. The minimum Gasteiger partial charge on any atom is -0.381 e. The van der Waals surface area contributed by atoms with E-state index in [0.717, 1.165) is 60.3 Å². The number of nitrogens with zero attached hydrogens (tertiary/aromatic N) is 3. The van der Waals surface area contributed by atoms with Crippen molar-refractivity contribution in [1.29, 1.82) is 0 Å². The van der Waals surface area contributed by atoms with Crippen LogP contribution in [0.4, 0.5) is 5.95 Å². The van der Waals surface area contributed by atoms with Gasteiger partial charge in [-0.2, -0.15) is 0 Å². The number of carbonyl (C=O) groups is 3. The van der Waals surface area contributed by atoms with Crippen molar-refractivity contribution in [3.8, 4) is 11.3 Å². The van der Waals surface area contributed by atoms with E-state index in [-0.39, 0.29) is 30.4 Å². The number of aryl methyl sites for hydroxylation is 1. The van der Waals surface area contributed by atoms with Crippen LogP contribution in [0, 0.1) is 6.92 Å². The smallest absolute Gasteiger partial charge is 0.254 e. The van der Waals surface area contributed by atoms with Crippen LogP contribution >= 0.6 is 0 Å². The molecule has 3 heterocycles. The maximum atomic E-state index is 13.2. The van der Waals surface area contributed by atoms with Gasteiger partial charge in [-0.3, -0.25) is 14.4 Å². The number of carbonyl (C=O) groups excluding carboxylic acids is 3. The molecular formula is C29H31N5O4. The van der Waals surface area contributed by atoms with Gasteiger partial charge in [-0.15, -0.1) is 0 Å². The summed E-state index contributed by atoms with van der Waals surface area (Å²) in [5.74, 6) is 0.126. The van der Waals surface area contributed by atoms with Crippen molar-refractivity contribution in [2.75, 3.05) is 25.1 Å². The van der Waals surface area contributed by atoms with Crippen LogP contribution in [0.15, 0.2) is 48.7 Å². The molecule has 5 rings (SSSR count). The highest BCUT2D eigenvalue weighted by Crippen LogP contribution is 2.30. The van der Waals surface area contributed by atoms with Crippen molar-refractivity contribution in [1.82, 2.24) is 20.2 Å². The van der Waals surface area contributed by atoms with Crippen LogP contribution in [0.25, 0.3) is 11.3 Å². The summed E-state index contributed by atoms with van der Waals surface area (Å²) in [5, 5.41) is 6.33. The van der Waals surface area contributed by atoms with Crippen LogP contribution in [0.2, 0.25) is 0 Å². The summed E-state index contributed by atoms with van der Waals surface area (Å²) in [6, 6.07) is 12.8. The van der Waals surface area contributed by atoms with Gasteiger partial charge in [0.25, 0.3) is 5.91 Å². The van der Waals surface area contributed by atoms with Gasteiger partial charge in [0, 0.05) is 48.7 Å². The fraction of sp³-hybridized carbons (Fsp3) is 0.345. The number of anilines is 1. The van der Waals surface area contributed by atoms with E-state index in [4.69, 9.17) is 9.72 Å². The standard InChI is InChI=1S/C29H31N5O4/c1-18-14-30-29(32-24-8-10-38-11-9-24)33-27(18)22-6-7-23-15-34(28(37)25(23)13-22)16-26(36)31-19(2)21-5-3-4-20(12-21)17-35/h3-7,12-14,17,19,24H,8-11,15-16H2,1-2H3,(H,31,36)(H,30,32,33)/t19-/m1/s1. The number of rotatable bonds is 8. The highest BCUT2D eigenvalue weighted by atomic mass is 16.5. The monoisotopic (exact) mass is 513 g/mol. The van der Waals surface area contributed by atoms with Gasteiger partial charge in [-0.1, -0.05) is 30.3 Å². The van der Waals surface area contributed by atoms with E-state index in [1.54, 1.807) is 29.3 Å². The van der Waals surface area contributed by atoms with Gasteiger partial charge in [0.2, 0.25) is 11.9 Å². The Morgan fingerprint density at radius 2 is 2.03 bits per heavy atom. The van der Waals surface area contributed by atoms with Crippen molar-refractivity contribution in [2.45, 2.75) is 45.3 Å². The molecule has 2 aromatic carbocycles. The molecule has 9 nitrogen and oxygen atoms in total. The summed E-state index contributed by atoms with van der Waals surface area (Å²) in [7, 11) is 0. The summed E-state index contributed by atoms with van der Waals surface area (Å²) in [4.78, 5) is 47.8. The normalized spacial score (nSPS) is 16.2. The number of aldehydes is 1. The van der Waals surface area contributed by atoms with Crippen LogP contribution < -0.4 is 10.6 Å². The molecule has 2 aliphatic rings. The largest absolute Gasteiger partial charge is 0.381 e. The molecule has 1 fully saturated rings. The lowest BCUT2D eigenvalue weighted by molar-refractivity contribution is -0.122. The Hall–Kier alpha value is -4.11. The summed E-state index contributed by atoms with van der Waals surface area (Å²) in [6.45, 7) is 5.58. The van der Waals surface area contributed by atoms with E-state index in [0.29, 0.717) is 23.6 Å². The summed E-state index contributed by atoms with van der Waals surface area (Å²) in [6.07, 6.45) is 4.39. The molecule has 0 radical (unpaired) electrons. The van der Waals surface area contributed by atoms with Crippen molar-refractivity contribution in [3.63, 3.8) is 0 Å². The SMILES string of the molecule is Cc1cnc(NC2CCOCC2)nc1-c1ccc2c(c1)C(=O)N(CC(=O)N[C@H](C)c1cccc(C=O)c1)C2. The van der Waals surface area contributed by atoms with Crippen molar-refractivity contribution in [2.24, 2.45) is 0 Å². The Morgan fingerprint density at radius 1 is 1.21 bits per heavy atom. The van der Waals surface area contributed by atoms with Crippen LogP contribution in [-0.4, -0.2) is 58.8 Å². The van der Waals surface area contributed by atoms with E-state index < -0.39 is 0 Å². The van der Waals surface area contributed by atoms with Crippen LogP contribution in [0.5, 0.6) is 0 Å². The number of benzene rings is 2. The first kappa shape index (κ1) is 25.5. The third-order valence-electron chi connectivity index (χ3n) is 7.05. The zero-order chi connectivity index (χ0) is 26.6. The molecule has 1 atom stereocenters. The molecule has 3 aromatic rings. The second-order valence-corrected chi connectivity index (χ2v) is 9.87. The second kappa shape index (κ2) is 11.1. The zero-order valence-corrected chi connectivity index (χ0v) is 21.6. The molecule has 38 heavy (non-hydrogen) atoms. The Bertz CT molecular complexity index is 1370. The Kier molecular flexibility index (Phi) is 7.46. The maximum absolute atomic E-state index is 13.2. The highest BCUT2D eigenvalue weighted by molar-refractivity contribution is 6.01. The van der Waals surface area contributed by atoms with Gasteiger partial charge in [0.1, 0.15) is 12.8 Å². The van der Waals surface area contributed by atoms with E-state index >= 15 is 0 Å². The van der Waals surface area contributed by atoms with Crippen LogP contribution in [0.3, 0.4) is 0 Å². The molecule has 9 heteroatoms. The number of ether oxygens (including phenoxy) is 1. The maximum Gasteiger partial charge on any atom is 0.254 e. The predicted octanol–water partition coefficient (Wildman–Crippen LogP) is 3.69. The van der Waals surface area contributed by atoms with Gasteiger partial charge in [0.15, 0.2) is 0 Å². The second-order valence-electron chi connectivity index (χ2n) is 9.87. The molecule has 0 bridgehead atoms. The fourth-order valence-electron chi connectivity index (χ4n) is 4.91. The van der Waals surface area contributed by atoms with Crippen molar-refractivity contribution >= 4 is 24.0 Å². The van der Waals surface area contributed by atoms with E-state index in [1.165, 1.54) is 0 Å². The lowest BCUT2D eigenvalue weighted by Gasteiger charge is -2.23. The average Bonchev–Trinajstić information content (AvgIpc) is 3.24. The van der Waals surface area contributed by atoms with Gasteiger partial charge < -0.3 is 20.3 Å². The molecule has 0 aliphatic carbocycles. The Balaban J connectivity index is 1.26. The number of hydrogen-bond donors (Lipinski definition) is 2. The van der Waals surface area contributed by atoms with Crippen molar-refractivity contribution < 1.29 is 19.1 Å². The molecule has 0 spiro atoms. The average molecular weight is 514 g/mol. The molecule has 2 aliphatic heterocycles. The van der Waals surface area contributed by atoms with Gasteiger partial charge in [-0.25, -0.2) is 9.97 Å². The third-order valence-corrected chi connectivity index (χ3v) is 7.05. The molecule has 2 N–H and O–H groups in total. The lowest BCUT2D eigenvalue weighted by Crippen LogP contribution is -2.38. The summed E-state index contributed by atoms with van der Waals surface area (Å²) >= 11 is 0. The molecule has 196 valence electrons. The molecule has 0 unspecified atom stereocenters. The van der Waals surface area contributed by atoms with E-state index in [1.807, 2.05) is 38.1 Å². The minimum atomic E-state index is -0.293. The van der Waals surface area contributed by atoms with Gasteiger partial charge >= 0.3 is 0 Å². The number of amides is 2.